The van der Waals surface area contributed by atoms with Crippen molar-refractivity contribution in [1.29, 1.82) is 0 Å². The van der Waals surface area contributed by atoms with Crippen LogP contribution in [-0.4, -0.2) is 6.17 Å². The Morgan fingerprint density at radius 2 is 2.11 bits per heavy atom. The van der Waals surface area contributed by atoms with Crippen LogP contribution in [0.15, 0.2) is 0 Å². The van der Waals surface area contributed by atoms with E-state index in [1.54, 1.807) is 6.92 Å². The lowest BCUT2D eigenvalue weighted by atomic mass is 10.3. The van der Waals surface area contributed by atoms with Crippen molar-refractivity contribution in [3.63, 3.8) is 0 Å². The maximum absolute atomic E-state index is 12.3. The quantitative estimate of drug-likeness (QED) is 0.501. The molecular weight excluding hydrogens is 115 g/mol. The molecule has 1 unspecified atom stereocenters. The molecule has 0 rings (SSSR count). The van der Waals surface area contributed by atoms with E-state index < -0.39 is 6.17 Å². The van der Waals surface area contributed by atoms with Crippen molar-refractivity contribution >= 4 is 0 Å². The van der Waals surface area contributed by atoms with Gasteiger partial charge in [0.2, 0.25) is 0 Å². The van der Waals surface area contributed by atoms with Gasteiger partial charge < -0.3 is 0 Å². The van der Waals surface area contributed by atoms with Crippen molar-refractivity contribution in [3.05, 3.63) is 0 Å². The van der Waals surface area contributed by atoms with Crippen LogP contribution in [0.1, 0.15) is 33.1 Å². The SMILES string of the molecule is CCCC#CC(F)CC. The summed E-state index contributed by atoms with van der Waals surface area (Å²) in [5, 5.41) is 0. The fraction of sp³-hybridized carbons (Fsp3) is 0.750. The zero-order valence-corrected chi connectivity index (χ0v) is 6.08. The van der Waals surface area contributed by atoms with Gasteiger partial charge in [0.05, 0.1) is 0 Å². The number of halogens is 1. The number of hydrogen-bond acceptors (Lipinski definition) is 0. The van der Waals surface area contributed by atoms with Crippen LogP contribution in [0.4, 0.5) is 4.39 Å². The highest BCUT2D eigenvalue weighted by atomic mass is 19.1. The molecule has 0 radical (unpaired) electrons. The van der Waals surface area contributed by atoms with E-state index in [9.17, 15) is 4.39 Å². The summed E-state index contributed by atoms with van der Waals surface area (Å²) in [6, 6.07) is 0. The first-order chi connectivity index (χ1) is 4.31. The van der Waals surface area contributed by atoms with Gasteiger partial charge in [0.25, 0.3) is 0 Å². The second-order valence-electron chi connectivity index (χ2n) is 1.95. The molecule has 0 nitrogen and oxygen atoms in total. The summed E-state index contributed by atoms with van der Waals surface area (Å²) in [7, 11) is 0. The molecule has 1 atom stereocenters. The predicted octanol–water partition coefficient (Wildman–Crippen LogP) is 2.54. The Balaban J connectivity index is 3.33. The molecule has 52 valence electrons. The van der Waals surface area contributed by atoms with Crippen LogP contribution < -0.4 is 0 Å². The van der Waals surface area contributed by atoms with Crippen LogP contribution in [0.25, 0.3) is 0 Å². The molecule has 0 aromatic heterocycles. The van der Waals surface area contributed by atoms with Crippen molar-refractivity contribution in [3.8, 4) is 11.8 Å². The van der Waals surface area contributed by atoms with Crippen LogP contribution in [0.5, 0.6) is 0 Å². The lowest BCUT2D eigenvalue weighted by Gasteiger charge is -1.89. The van der Waals surface area contributed by atoms with Gasteiger partial charge in [0.15, 0.2) is 6.17 Å². The van der Waals surface area contributed by atoms with E-state index >= 15 is 0 Å². The summed E-state index contributed by atoms with van der Waals surface area (Å²) in [6.07, 6.45) is 1.44. The van der Waals surface area contributed by atoms with Gasteiger partial charge in [-0.2, -0.15) is 0 Å². The first kappa shape index (κ1) is 8.49. The molecule has 0 bridgehead atoms. The largest absolute Gasteiger partial charge is 0.233 e. The summed E-state index contributed by atoms with van der Waals surface area (Å²) in [5.41, 5.74) is 0. The van der Waals surface area contributed by atoms with Crippen LogP contribution in [0.3, 0.4) is 0 Å². The molecule has 1 heteroatoms. The van der Waals surface area contributed by atoms with Crippen LogP contribution in [-0.2, 0) is 0 Å². The molecule has 0 aromatic rings. The standard InChI is InChI=1S/C8H13F/c1-3-5-6-7-8(9)4-2/h8H,3-5H2,1-2H3. The first-order valence-electron chi connectivity index (χ1n) is 3.43. The van der Waals surface area contributed by atoms with Gasteiger partial charge in [-0.25, -0.2) is 4.39 Å². The Hall–Kier alpha value is -0.510. The van der Waals surface area contributed by atoms with Gasteiger partial charge in [0.1, 0.15) is 0 Å². The van der Waals surface area contributed by atoms with Crippen molar-refractivity contribution in [2.75, 3.05) is 0 Å². The van der Waals surface area contributed by atoms with Gasteiger partial charge in [-0.3, -0.25) is 0 Å². The molecule has 0 N–H and O–H groups in total. The third-order valence-electron chi connectivity index (χ3n) is 0.992. The summed E-state index contributed by atoms with van der Waals surface area (Å²) >= 11 is 0. The molecule has 0 aliphatic carbocycles. The molecule has 0 saturated heterocycles. The molecule has 0 aliphatic rings. The normalized spacial score (nSPS) is 11.9. The lowest BCUT2D eigenvalue weighted by molar-refractivity contribution is 0.403. The van der Waals surface area contributed by atoms with E-state index in [1.165, 1.54) is 0 Å². The summed E-state index contributed by atoms with van der Waals surface area (Å²) in [5.74, 6) is 5.28. The highest BCUT2D eigenvalue weighted by molar-refractivity contribution is 5.03. The molecule has 0 aromatic carbocycles. The van der Waals surface area contributed by atoms with Gasteiger partial charge in [0, 0.05) is 6.42 Å². The number of unbranched alkanes of at least 4 members (excludes halogenated alkanes) is 1. The minimum absolute atomic E-state index is 0.511. The van der Waals surface area contributed by atoms with Crippen molar-refractivity contribution in [2.24, 2.45) is 0 Å². The zero-order chi connectivity index (χ0) is 7.11. The third-order valence-corrected chi connectivity index (χ3v) is 0.992. The molecule has 0 fully saturated rings. The van der Waals surface area contributed by atoms with Crippen LogP contribution >= 0.6 is 0 Å². The highest BCUT2D eigenvalue weighted by Crippen LogP contribution is 1.93. The predicted molar refractivity (Wildman–Crippen MR) is 37.9 cm³/mol. The first-order valence-corrected chi connectivity index (χ1v) is 3.43. The van der Waals surface area contributed by atoms with Gasteiger partial charge in [-0.15, -0.1) is 5.92 Å². The van der Waals surface area contributed by atoms with E-state index in [-0.39, 0.29) is 0 Å². The number of rotatable bonds is 2. The van der Waals surface area contributed by atoms with Crippen molar-refractivity contribution in [1.82, 2.24) is 0 Å². The Morgan fingerprint density at radius 3 is 2.56 bits per heavy atom. The molecule has 0 amide bonds. The molecule has 0 saturated carbocycles. The average molecular weight is 128 g/mol. The van der Waals surface area contributed by atoms with Crippen molar-refractivity contribution < 1.29 is 4.39 Å². The third kappa shape index (κ3) is 5.36. The fourth-order valence-corrected chi connectivity index (χ4v) is 0.410. The molecule has 0 spiro atoms. The average Bonchev–Trinajstić information content (AvgIpc) is 1.89. The topological polar surface area (TPSA) is 0 Å². The van der Waals surface area contributed by atoms with Gasteiger partial charge in [-0.05, 0) is 12.8 Å². The van der Waals surface area contributed by atoms with Crippen LogP contribution in [0.2, 0.25) is 0 Å². The zero-order valence-electron chi connectivity index (χ0n) is 6.08. The fourth-order valence-electron chi connectivity index (χ4n) is 0.410. The minimum atomic E-state index is -0.906. The number of alkyl halides is 1. The van der Waals surface area contributed by atoms with Crippen molar-refractivity contribution in [2.45, 2.75) is 39.3 Å². The molecule has 0 heterocycles. The molecular formula is C8H13F. The smallest absolute Gasteiger partial charge is 0.160 e. The molecule has 0 aliphatic heterocycles. The maximum atomic E-state index is 12.3. The molecule has 9 heavy (non-hydrogen) atoms. The maximum Gasteiger partial charge on any atom is 0.160 e. The van der Waals surface area contributed by atoms with E-state index in [0.29, 0.717) is 6.42 Å². The second-order valence-corrected chi connectivity index (χ2v) is 1.95. The van der Waals surface area contributed by atoms with Gasteiger partial charge >= 0.3 is 0 Å². The minimum Gasteiger partial charge on any atom is -0.233 e. The second kappa shape index (κ2) is 5.62. The summed E-state index contributed by atoms with van der Waals surface area (Å²) in [4.78, 5) is 0. The van der Waals surface area contributed by atoms with E-state index in [4.69, 9.17) is 0 Å². The van der Waals surface area contributed by atoms with Crippen LogP contribution in [0, 0.1) is 11.8 Å². The Kier molecular flexibility index (Phi) is 5.30. The Labute approximate surface area is 56.5 Å². The Bertz CT molecular complexity index is 107. The van der Waals surface area contributed by atoms with Gasteiger partial charge in [-0.1, -0.05) is 19.8 Å². The number of hydrogen-bond donors (Lipinski definition) is 0. The van der Waals surface area contributed by atoms with E-state index in [0.717, 1.165) is 12.8 Å². The van der Waals surface area contributed by atoms with E-state index in [2.05, 4.69) is 11.8 Å². The Morgan fingerprint density at radius 1 is 1.44 bits per heavy atom. The van der Waals surface area contributed by atoms with E-state index in [1.807, 2.05) is 6.92 Å². The highest BCUT2D eigenvalue weighted by Gasteiger charge is 1.92. The summed E-state index contributed by atoms with van der Waals surface area (Å²) in [6.45, 7) is 3.83. The summed E-state index contributed by atoms with van der Waals surface area (Å²) < 4.78 is 12.3. The monoisotopic (exact) mass is 128 g/mol. The lowest BCUT2D eigenvalue weighted by Crippen LogP contribution is -1.90.